The highest BCUT2D eigenvalue weighted by atomic mass is 35.5. The van der Waals surface area contributed by atoms with E-state index in [-0.39, 0.29) is 18.3 Å². The minimum Gasteiger partial charge on any atom is -0.497 e. The number of rotatable bonds is 4. The van der Waals surface area contributed by atoms with E-state index < -0.39 is 0 Å². The van der Waals surface area contributed by atoms with Crippen LogP contribution in [0.5, 0.6) is 5.75 Å². The molecule has 0 aromatic heterocycles. The number of carbonyl (C=O) groups is 1. The number of benzene rings is 1. The minimum absolute atomic E-state index is 0. The van der Waals surface area contributed by atoms with E-state index in [9.17, 15) is 4.79 Å². The first-order chi connectivity index (χ1) is 10.8. The predicted molar refractivity (Wildman–Crippen MR) is 94.3 cm³/mol. The smallest absolute Gasteiger partial charge is 0.226 e. The van der Waals surface area contributed by atoms with Crippen molar-refractivity contribution in [2.75, 3.05) is 26.7 Å². The van der Waals surface area contributed by atoms with Crippen molar-refractivity contribution in [3.8, 4) is 5.75 Å². The second-order valence-electron chi connectivity index (χ2n) is 6.45. The highest BCUT2D eigenvalue weighted by molar-refractivity contribution is 5.85. The Morgan fingerprint density at radius 2 is 2.09 bits per heavy atom. The summed E-state index contributed by atoms with van der Waals surface area (Å²) in [6, 6.07) is 8.49. The van der Waals surface area contributed by atoms with E-state index in [4.69, 9.17) is 4.74 Å². The molecule has 2 fully saturated rings. The number of nitrogens with one attached hydrogen (secondary N) is 1. The van der Waals surface area contributed by atoms with Crippen molar-refractivity contribution in [3.05, 3.63) is 29.8 Å². The van der Waals surface area contributed by atoms with Crippen molar-refractivity contribution in [1.29, 1.82) is 0 Å². The number of ether oxygens (including phenoxy) is 1. The molecule has 2 heterocycles. The van der Waals surface area contributed by atoms with Crippen LogP contribution in [0.15, 0.2) is 24.3 Å². The molecule has 5 heteroatoms. The normalized spacial score (nSPS) is 21.8. The molecule has 0 spiro atoms. The summed E-state index contributed by atoms with van der Waals surface area (Å²) in [6.45, 7) is 2.98. The average molecular weight is 339 g/mol. The number of hydrogen-bond donors (Lipinski definition) is 1. The van der Waals surface area contributed by atoms with Crippen molar-refractivity contribution in [3.63, 3.8) is 0 Å². The molecule has 1 aromatic carbocycles. The Morgan fingerprint density at radius 1 is 1.30 bits per heavy atom. The van der Waals surface area contributed by atoms with Gasteiger partial charge < -0.3 is 15.0 Å². The van der Waals surface area contributed by atoms with Crippen LogP contribution in [0.4, 0.5) is 0 Å². The molecule has 1 unspecified atom stereocenters. The van der Waals surface area contributed by atoms with E-state index in [1.54, 1.807) is 7.11 Å². The summed E-state index contributed by atoms with van der Waals surface area (Å²) < 4.78 is 5.22. The molecule has 2 saturated heterocycles. The maximum Gasteiger partial charge on any atom is 0.226 e. The van der Waals surface area contributed by atoms with E-state index in [0.717, 1.165) is 43.2 Å². The fourth-order valence-electron chi connectivity index (χ4n) is 3.73. The third kappa shape index (κ3) is 4.61. The Labute approximate surface area is 145 Å². The molecule has 3 rings (SSSR count). The van der Waals surface area contributed by atoms with Gasteiger partial charge in [-0.3, -0.25) is 4.79 Å². The van der Waals surface area contributed by atoms with Gasteiger partial charge in [-0.1, -0.05) is 12.1 Å². The maximum atomic E-state index is 12.5. The van der Waals surface area contributed by atoms with Crippen LogP contribution in [0, 0.1) is 5.92 Å². The Balaban J connectivity index is 0.00000192. The van der Waals surface area contributed by atoms with E-state index >= 15 is 0 Å². The number of hydrogen-bond acceptors (Lipinski definition) is 3. The molecular weight excluding hydrogens is 312 g/mol. The monoisotopic (exact) mass is 338 g/mol. The quantitative estimate of drug-likeness (QED) is 0.917. The summed E-state index contributed by atoms with van der Waals surface area (Å²) in [5, 5.41) is 3.61. The molecule has 0 bridgehead atoms. The second-order valence-corrected chi connectivity index (χ2v) is 6.45. The summed E-state index contributed by atoms with van der Waals surface area (Å²) in [4.78, 5) is 14.5. The van der Waals surface area contributed by atoms with Crippen molar-refractivity contribution >= 4 is 18.3 Å². The molecular formula is C18H27ClN2O2. The third-order valence-corrected chi connectivity index (χ3v) is 5.05. The largest absolute Gasteiger partial charge is 0.497 e. The highest BCUT2D eigenvalue weighted by Crippen LogP contribution is 2.26. The van der Waals surface area contributed by atoms with Gasteiger partial charge in [-0.25, -0.2) is 0 Å². The first-order valence-electron chi connectivity index (χ1n) is 8.40. The van der Waals surface area contributed by atoms with Gasteiger partial charge in [-0.05, 0) is 55.8 Å². The van der Waals surface area contributed by atoms with E-state index in [1.807, 2.05) is 29.2 Å². The molecule has 4 nitrogen and oxygen atoms in total. The number of carbonyl (C=O) groups excluding carboxylic acids is 1. The molecule has 0 saturated carbocycles. The van der Waals surface area contributed by atoms with Gasteiger partial charge in [-0.15, -0.1) is 12.4 Å². The zero-order valence-electron chi connectivity index (χ0n) is 13.8. The fourth-order valence-corrected chi connectivity index (χ4v) is 3.73. The van der Waals surface area contributed by atoms with Gasteiger partial charge >= 0.3 is 0 Å². The van der Waals surface area contributed by atoms with Gasteiger partial charge in [0.25, 0.3) is 0 Å². The number of likely N-dealkylation sites (tertiary alicyclic amines) is 1. The summed E-state index contributed by atoms with van der Waals surface area (Å²) in [5.74, 6) is 1.81. The lowest BCUT2D eigenvalue weighted by Gasteiger charge is -2.35. The van der Waals surface area contributed by atoms with Gasteiger partial charge in [0, 0.05) is 19.1 Å². The lowest BCUT2D eigenvalue weighted by Crippen LogP contribution is -2.43. The second kappa shape index (κ2) is 8.55. The van der Waals surface area contributed by atoms with Crippen LogP contribution in [-0.2, 0) is 11.2 Å². The molecule has 1 atom stereocenters. The van der Waals surface area contributed by atoms with Gasteiger partial charge in [0.2, 0.25) is 5.91 Å². The molecule has 128 valence electrons. The first kappa shape index (κ1) is 18.1. The van der Waals surface area contributed by atoms with Crippen LogP contribution in [0.25, 0.3) is 0 Å². The standard InChI is InChI=1S/C18H26N2O2.ClH/c1-22-16-5-2-4-14(12-16)13-18(21)20-10-7-15(8-11-20)17-6-3-9-19-17;/h2,4-5,12,15,17,19H,3,6-11,13H2,1H3;1H. The molecule has 0 aliphatic carbocycles. The Morgan fingerprint density at radius 3 is 2.74 bits per heavy atom. The van der Waals surface area contributed by atoms with E-state index in [2.05, 4.69) is 5.32 Å². The Kier molecular flexibility index (Phi) is 6.72. The topological polar surface area (TPSA) is 41.6 Å². The summed E-state index contributed by atoms with van der Waals surface area (Å²) in [6.07, 6.45) is 5.37. The number of amides is 1. The average Bonchev–Trinajstić information content (AvgIpc) is 3.09. The van der Waals surface area contributed by atoms with E-state index in [0.29, 0.717) is 12.5 Å². The summed E-state index contributed by atoms with van der Waals surface area (Å²) >= 11 is 0. The Hall–Kier alpha value is -1.26. The van der Waals surface area contributed by atoms with Gasteiger partial charge in [0.15, 0.2) is 0 Å². The van der Waals surface area contributed by atoms with E-state index in [1.165, 1.54) is 19.4 Å². The first-order valence-corrected chi connectivity index (χ1v) is 8.40. The number of halogens is 1. The van der Waals surface area contributed by atoms with Crippen LogP contribution in [-0.4, -0.2) is 43.6 Å². The van der Waals surface area contributed by atoms with Crippen LogP contribution >= 0.6 is 12.4 Å². The molecule has 1 amide bonds. The van der Waals surface area contributed by atoms with Crippen LogP contribution < -0.4 is 10.1 Å². The Bertz CT molecular complexity index is 509. The summed E-state index contributed by atoms with van der Waals surface area (Å²) in [5.41, 5.74) is 1.03. The van der Waals surface area contributed by atoms with Crippen molar-refractivity contribution in [2.24, 2.45) is 5.92 Å². The van der Waals surface area contributed by atoms with Crippen molar-refractivity contribution in [1.82, 2.24) is 10.2 Å². The number of methoxy groups -OCH3 is 1. The number of piperidine rings is 1. The third-order valence-electron chi connectivity index (χ3n) is 5.05. The zero-order valence-corrected chi connectivity index (χ0v) is 14.6. The van der Waals surface area contributed by atoms with Gasteiger partial charge in [0.05, 0.1) is 13.5 Å². The van der Waals surface area contributed by atoms with Crippen molar-refractivity contribution in [2.45, 2.75) is 38.1 Å². The maximum absolute atomic E-state index is 12.5. The lowest BCUT2D eigenvalue weighted by molar-refractivity contribution is -0.132. The molecule has 23 heavy (non-hydrogen) atoms. The van der Waals surface area contributed by atoms with Crippen LogP contribution in [0.3, 0.4) is 0 Å². The predicted octanol–water partition coefficient (Wildman–Crippen LogP) is 2.65. The van der Waals surface area contributed by atoms with Crippen molar-refractivity contribution < 1.29 is 9.53 Å². The highest BCUT2D eigenvalue weighted by Gasteiger charge is 2.29. The van der Waals surface area contributed by atoms with Gasteiger partial charge in [-0.2, -0.15) is 0 Å². The summed E-state index contributed by atoms with van der Waals surface area (Å²) in [7, 11) is 1.66. The molecule has 1 N–H and O–H groups in total. The molecule has 2 aliphatic rings. The number of nitrogens with zero attached hydrogens (tertiary/aromatic N) is 1. The van der Waals surface area contributed by atoms with Crippen LogP contribution in [0.2, 0.25) is 0 Å². The minimum atomic E-state index is 0. The molecule has 2 aliphatic heterocycles. The van der Waals surface area contributed by atoms with Crippen LogP contribution in [0.1, 0.15) is 31.2 Å². The molecule has 0 radical (unpaired) electrons. The zero-order chi connectivity index (χ0) is 15.4. The fraction of sp³-hybridized carbons (Fsp3) is 0.611. The van der Waals surface area contributed by atoms with Gasteiger partial charge in [0.1, 0.15) is 5.75 Å². The lowest BCUT2D eigenvalue weighted by atomic mass is 9.88. The SMILES string of the molecule is COc1cccc(CC(=O)N2CCC(C3CCCN3)CC2)c1.Cl. The molecule has 1 aromatic rings.